The molecule has 128 valence electrons. The molecule has 1 amide bonds. The largest absolute Gasteiger partial charge is 0.495 e. The van der Waals surface area contributed by atoms with Crippen molar-refractivity contribution in [2.75, 3.05) is 13.7 Å². The van der Waals surface area contributed by atoms with Crippen LogP contribution in [0.3, 0.4) is 0 Å². The number of para-hydroxylation sites is 3. The Morgan fingerprint density at radius 3 is 2.84 bits per heavy atom. The number of carbonyl (C=O) groups excluding carboxylic acids is 1. The van der Waals surface area contributed by atoms with Gasteiger partial charge in [-0.05, 0) is 24.3 Å². The molecule has 0 saturated heterocycles. The third-order valence-corrected chi connectivity index (χ3v) is 5.09. The van der Waals surface area contributed by atoms with Gasteiger partial charge in [0.25, 0.3) is 5.91 Å². The van der Waals surface area contributed by atoms with Crippen LogP contribution in [0.5, 0.6) is 17.2 Å². The summed E-state index contributed by atoms with van der Waals surface area (Å²) in [6.45, 7) is 0.150. The highest BCUT2D eigenvalue weighted by molar-refractivity contribution is 7.16. The van der Waals surface area contributed by atoms with Gasteiger partial charge in [0.2, 0.25) is 6.10 Å². The number of thiazole rings is 1. The van der Waals surface area contributed by atoms with Crippen molar-refractivity contribution in [2.45, 2.75) is 6.10 Å². The Morgan fingerprint density at radius 2 is 2.04 bits per heavy atom. The molecule has 6 nitrogen and oxygen atoms in total. The van der Waals surface area contributed by atoms with E-state index in [0.29, 0.717) is 16.3 Å². The Labute approximate surface area is 147 Å². The fourth-order valence-corrected chi connectivity index (χ4v) is 3.79. The van der Waals surface area contributed by atoms with E-state index < -0.39 is 6.10 Å². The number of aromatic nitrogens is 1. The molecule has 1 aliphatic rings. The van der Waals surface area contributed by atoms with Crippen molar-refractivity contribution in [3.63, 3.8) is 0 Å². The van der Waals surface area contributed by atoms with Crippen molar-refractivity contribution in [3.8, 4) is 17.2 Å². The Kier molecular flexibility index (Phi) is 3.93. The van der Waals surface area contributed by atoms with Crippen LogP contribution in [0.4, 0.5) is 0 Å². The molecule has 0 radical (unpaired) electrons. The zero-order valence-corrected chi connectivity index (χ0v) is 14.6. The minimum absolute atomic E-state index is 0.150. The first-order chi connectivity index (χ1) is 12.2. The van der Waals surface area contributed by atoms with E-state index in [0.717, 1.165) is 16.0 Å². The molecular weight excluding hydrogens is 340 g/mol. The normalized spacial score (nSPS) is 16.9. The van der Waals surface area contributed by atoms with Crippen molar-refractivity contribution in [3.05, 3.63) is 47.3 Å². The number of ether oxygens (including phenoxy) is 3. The average molecular weight is 356 g/mol. The van der Waals surface area contributed by atoms with Crippen molar-refractivity contribution >= 4 is 27.5 Å². The molecule has 1 unspecified atom stereocenters. The van der Waals surface area contributed by atoms with Gasteiger partial charge in [-0.1, -0.05) is 29.5 Å². The summed E-state index contributed by atoms with van der Waals surface area (Å²) in [4.78, 5) is 17.4. The molecule has 1 aromatic heterocycles. The molecule has 2 aromatic carbocycles. The minimum atomic E-state index is -0.748. The monoisotopic (exact) mass is 356 g/mol. The fourth-order valence-electron chi connectivity index (χ4n) is 2.75. The van der Waals surface area contributed by atoms with Crippen LogP contribution in [0, 0.1) is 0 Å². The van der Waals surface area contributed by atoms with Crippen LogP contribution in [-0.4, -0.2) is 30.3 Å². The van der Waals surface area contributed by atoms with Crippen molar-refractivity contribution in [2.24, 2.45) is 12.0 Å². The second kappa shape index (κ2) is 6.25. The van der Waals surface area contributed by atoms with Crippen LogP contribution in [0.1, 0.15) is 0 Å². The average Bonchev–Trinajstić information content (AvgIpc) is 2.97. The predicted octanol–water partition coefficient (Wildman–Crippen LogP) is 2.52. The Bertz CT molecular complexity index is 1020. The van der Waals surface area contributed by atoms with E-state index in [1.807, 2.05) is 48.0 Å². The van der Waals surface area contributed by atoms with E-state index in [9.17, 15) is 4.79 Å². The van der Waals surface area contributed by atoms with Gasteiger partial charge in [0, 0.05) is 7.05 Å². The number of benzene rings is 2. The number of nitrogens with zero attached hydrogens (tertiary/aromatic N) is 2. The molecule has 0 aliphatic carbocycles. The highest BCUT2D eigenvalue weighted by Crippen LogP contribution is 2.31. The summed E-state index contributed by atoms with van der Waals surface area (Å²) in [6.07, 6.45) is -0.748. The van der Waals surface area contributed by atoms with E-state index in [-0.39, 0.29) is 12.5 Å². The maximum absolute atomic E-state index is 12.6. The molecule has 4 rings (SSSR count). The van der Waals surface area contributed by atoms with Gasteiger partial charge < -0.3 is 18.8 Å². The summed E-state index contributed by atoms with van der Waals surface area (Å²) in [6, 6.07) is 13.1. The summed E-state index contributed by atoms with van der Waals surface area (Å²) < 4.78 is 19.6. The number of methoxy groups -OCH3 is 1. The molecule has 7 heteroatoms. The van der Waals surface area contributed by atoms with Gasteiger partial charge >= 0.3 is 0 Å². The fraction of sp³-hybridized carbons (Fsp3) is 0.222. The molecule has 0 spiro atoms. The van der Waals surface area contributed by atoms with E-state index >= 15 is 0 Å². The quantitative estimate of drug-likeness (QED) is 0.708. The summed E-state index contributed by atoms with van der Waals surface area (Å²) in [7, 11) is 3.49. The first-order valence-electron chi connectivity index (χ1n) is 7.77. The molecule has 0 saturated carbocycles. The molecule has 0 fully saturated rings. The summed E-state index contributed by atoms with van der Waals surface area (Å²) in [5, 5.41) is 0. The summed E-state index contributed by atoms with van der Waals surface area (Å²) in [5.74, 6) is 1.58. The van der Waals surface area contributed by atoms with Crippen molar-refractivity contribution < 1.29 is 19.0 Å². The molecule has 0 N–H and O–H groups in total. The van der Waals surface area contributed by atoms with Crippen molar-refractivity contribution in [1.29, 1.82) is 0 Å². The standard InChI is InChI=1S/C18H16N2O4S/c1-20-16-13(22-2)8-5-9-15(16)25-18(20)19-17(21)14-10-23-11-6-3-4-7-12(11)24-14/h3-9,14H,10H2,1-2H3. The lowest BCUT2D eigenvalue weighted by Crippen LogP contribution is -2.36. The van der Waals surface area contributed by atoms with Crippen LogP contribution < -0.4 is 19.0 Å². The molecule has 2 heterocycles. The topological polar surface area (TPSA) is 62.1 Å². The Hall–Kier alpha value is -2.80. The lowest BCUT2D eigenvalue weighted by Gasteiger charge is -2.23. The van der Waals surface area contributed by atoms with Gasteiger partial charge in [-0.15, -0.1) is 0 Å². The van der Waals surface area contributed by atoms with Crippen LogP contribution in [0.2, 0.25) is 0 Å². The second-order valence-electron chi connectivity index (χ2n) is 5.56. The molecule has 25 heavy (non-hydrogen) atoms. The third kappa shape index (κ3) is 2.76. The van der Waals surface area contributed by atoms with Gasteiger partial charge in [-0.25, -0.2) is 0 Å². The van der Waals surface area contributed by atoms with Gasteiger partial charge in [0.05, 0.1) is 11.8 Å². The SMILES string of the molecule is COc1cccc2sc(=NC(=O)C3COc4ccccc4O3)n(C)c12. The van der Waals surface area contributed by atoms with Crippen LogP contribution >= 0.6 is 11.3 Å². The van der Waals surface area contributed by atoms with Gasteiger partial charge in [0.15, 0.2) is 16.3 Å². The number of hydrogen-bond donors (Lipinski definition) is 0. The van der Waals surface area contributed by atoms with Gasteiger partial charge in [0.1, 0.15) is 17.9 Å². The molecule has 1 atom stereocenters. The van der Waals surface area contributed by atoms with E-state index in [2.05, 4.69) is 4.99 Å². The molecule has 1 aliphatic heterocycles. The number of hydrogen-bond acceptors (Lipinski definition) is 5. The van der Waals surface area contributed by atoms with Crippen LogP contribution in [0.15, 0.2) is 47.5 Å². The van der Waals surface area contributed by atoms with E-state index in [1.165, 1.54) is 11.3 Å². The van der Waals surface area contributed by atoms with Crippen LogP contribution in [-0.2, 0) is 11.8 Å². The Morgan fingerprint density at radius 1 is 1.24 bits per heavy atom. The maximum Gasteiger partial charge on any atom is 0.292 e. The van der Waals surface area contributed by atoms with E-state index in [1.54, 1.807) is 13.2 Å². The highest BCUT2D eigenvalue weighted by atomic mass is 32.1. The van der Waals surface area contributed by atoms with E-state index in [4.69, 9.17) is 14.2 Å². The third-order valence-electron chi connectivity index (χ3n) is 4.00. The van der Waals surface area contributed by atoms with Crippen LogP contribution in [0.25, 0.3) is 10.2 Å². The Balaban J connectivity index is 1.69. The van der Waals surface area contributed by atoms with Gasteiger partial charge in [-0.2, -0.15) is 4.99 Å². The number of fused-ring (bicyclic) bond motifs is 2. The number of carbonyl (C=O) groups is 1. The number of rotatable bonds is 2. The smallest absolute Gasteiger partial charge is 0.292 e. The number of aryl methyl sites for hydroxylation is 1. The van der Waals surface area contributed by atoms with Gasteiger partial charge in [-0.3, -0.25) is 4.79 Å². The highest BCUT2D eigenvalue weighted by Gasteiger charge is 2.27. The first kappa shape index (κ1) is 15.7. The minimum Gasteiger partial charge on any atom is -0.495 e. The zero-order valence-electron chi connectivity index (χ0n) is 13.8. The lowest BCUT2D eigenvalue weighted by atomic mass is 10.2. The maximum atomic E-state index is 12.6. The predicted molar refractivity (Wildman–Crippen MR) is 94.3 cm³/mol. The molecule has 3 aromatic rings. The zero-order chi connectivity index (χ0) is 17.4. The summed E-state index contributed by atoms with van der Waals surface area (Å²) in [5.41, 5.74) is 0.910. The molecular formula is C18H16N2O4S. The second-order valence-corrected chi connectivity index (χ2v) is 6.57. The number of amides is 1. The molecule has 0 bridgehead atoms. The summed E-state index contributed by atoms with van der Waals surface area (Å²) >= 11 is 1.43. The van der Waals surface area contributed by atoms with Crippen molar-refractivity contribution in [1.82, 2.24) is 4.57 Å². The lowest BCUT2D eigenvalue weighted by molar-refractivity contribution is -0.127. The first-order valence-corrected chi connectivity index (χ1v) is 8.58.